The molecule has 0 aromatic heterocycles. The SMILES string of the molecule is COc1nc2cccccc-2c1C#N. The van der Waals surface area contributed by atoms with E-state index in [1.165, 1.54) is 7.11 Å². The van der Waals surface area contributed by atoms with Gasteiger partial charge in [-0.3, -0.25) is 0 Å². The van der Waals surface area contributed by atoms with Gasteiger partial charge in [0.2, 0.25) is 5.88 Å². The molecule has 14 heavy (non-hydrogen) atoms. The minimum Gasteiger partial charge on any atom is -0.480 e. The van der Waals surface area contributed by atoms with Gasteiger partial charge in [0.15, 0.2) is 0 Å². The third-order valence-electron chi connectivity index (χ3n) is 2.03. The molecule has 0 N–H and O–H groups in total. The average molecular weight is 184 g/mol. The fourth-order valence-electron chi connectivity index (χ4n) is 1.38. The number of methoxy groups -OCH3 is 1. The zero-order valence-electron chi connectivity index (χ0n) is 7.69. The monoisotopic (exact) mass is 184 g/mol. The first-order chi connectivity index (χ1) is 6.86. The average Bonchev–Trinajstić information content (AvgIpc) is 2.39. The molecule has 0 spiro atoms. The molecule has 0 aromatic carbocycles. The lowest BCUT2D eigenvalue weighted by Gasteiger charge is -1.91. The highest BCUT2D eigenvalue weighted by atomic mass is 16.5. The molecule has 2 aliphatic rings. The molecule has 1 aliphatic carbocycles. The maximum atomic E-state index is 8.95. The van der Waals surface area contributed by atoms with Crippen molar-refractivity contribution in [2.24, 2.45) is 0 Å². The van der Waals surface area contributed by atoms with Crippen molar-refractivity contribution in [3.05, 3.63) is 35.9 Å². The van der Waals surface area contributed by atoms with E-state index in [0.29, 0.717) is 11.4 Å². The largest absolute Gasteiger partial charge is 0.480 e. The van der Waals surface area contributed by atoms with Gasteiger partial charge in [0.1, 0.15) is 11.6 Å². The van der Waals surface area contributed by atoms with E-state index in [1.54, 1.807) is 0 Å². The predicted octanol–water partition coefficient (Wildman–Crippen LogP) is 2.07. The lowest BCUT2D eigenvalue weighted by Crippen LogP contribution is -1.83. The van der Waals surface area contributed by atoms with Crippen molar-refractivity contribution < 1.29 is 4.74 Å². The van der Waals surface area contributed by atoms with Gasteiger partial charge in [-0.1, -0.05) is 24.3 Å². The Bertz CT molecular complexity index is 473. The summed E-state index contributed by atoms with van der Waals surface area (Å²) in [5, 5.41) is 8.95. The van der Waals surface area contributed by atoms with Gasteiger partial charge < -0.3 is 4.74 Å². The molecular weight excluding hydrogens is 176 g/mol. The highest BCUT2D eigenvalue weighted by Crippen LogP contribution is 2.31. The van der Waals surface area contributed by atoms with Gasteiger partial charge in [0, 0.05) is 5.56 Å². The normalized spacial score (nSPS) is 9.71. The smallest absolute Gasteiger partial charge is 0.232 e. The Morgan fingerprint density at radius 2 is 2.07 bits per heavy atom. The van der Waals surface area contributed by atoms with Crippen LogP contribution in [0, 0.1) is 11.3 Å². The predicted molar refractivity (Wildman–Crippen MR) is 52.1 cm³/mol. The van der Waals surface area contributed by atoms with Crippen molar-refractivity contribution in [2.75, 3.05) is 7.11 Å². The number of hydrogen-bond acceptors (Lipinski definition) is 3. The van der Waals surface area contributed by atoms with Crippen LogP contribution < -0.4 is 4.74 Å². The second-order valence-electron chi connectivity index (χ2n) is 2.82. The fourth-order valence-corrected chi connectivity index (χ4v) is 1.38. The molecule has 68 valence electrons. The van der Waals surface area contributed by atoms with Crippen molar-refractivity contribution in [1.29, 1.82) is 5.26 Å². The van der Waals surface area contributed by atoms with E-state index < -0.39 is 0 Å². The van der Waals surface area contributed by atoms with Gasteiger partial charge >= 0.3 is 0 Å². The maximum absolute atomic E-state index is 8.95. The Morgan fingerprint density at radius 1 is 1.29 bits per heavy atom. The molecule has 0 saturated heterocycles. The number of fused-ring (bicyclic) bond motifs is 1. The van der Waals surface area contributed by atoms with Gasteiger partial charge in [-0.25, -0.2) is 4.98 Å². The van der Waals surface area contributed by atoms with Crippen molar-refractivity contribution in [1.82, 2.24) is 4.98 Å². The highest BCUT2D eigenvalue weighted by Gasteiger charge is 2.16. The van der Waals surface area contributed by atoms with Crippen molar-refractivity contribution in [2.45, 2.75) is 0 Å². The molecule has 0 amide bonds. The number of nitrogens with zero attached hydrogens (tertiary/aromatic N) is 2. The second-order valence-corrected chi connectivity index (χ2v) is 2.82. The lowest BCUT2D eigenvalue weighted by atomic mass is 10.1. The Morgan fingerprint density at radius 3 is 2.79 bits per heavy atom. The Labute approximate surface area is 81.9 Å². The standard InChI is InChI=1S/C11H8N2O/c1-14-11-9(7-12)8-5-3-2-4-6-10(8)13-11/h2-6H,1H3. The first-order valence-corrected chi connectivity index (χ1v) is 4.19. The van der Waals surface area contributed by atoms with Crippen LogP contribution in [0.25, 0.3) is 11.3 Å². The summed E-state index contributed by atoms with van der Waals surface area (Å²) in [5.41, 5.74) is 2.11. The van der Waals surface area contributed by atoms with Gasteiger partial charge in [0.05, 0.1) is 12.8 Å². The van der Waals surface area contributed by atoms with Gasteiger partial charge in [-0.05, 0) is 6.07 Å². The van der Waals surface area contributed by atoms with E-state index in [-0.39, 0.29) is 0 Å². The topological polar surface area (TPSA) is 45.9 Å². The number of nitriles is 1. The molecule has 3 nitrogen and oxygen atoms in total. The molecule has 0 saturated carbocycles. The highest BCUT2D eigenvalue weighted by molar-refractivity contribution is 5.73. The van der Waals surface area contributed by atoms with E-state index >= 15 is 0 Å². The van der Waals surface area contributed by atoms with E-state index in [9.17, 15) is 0 Å². The Balaban J connectivity index is 2.76. The summed E-state index contributed by atoms with van der Waals surface area (Å²) in [6, 6.07) is 11.5. The Hall–Kier alpha value is -2.08. The first kappa shape index (κ1) is 8.52. The minimum absolute atomic E-state index is 0.397. The third kappa shape index (κ3) is 1.17. The number of rotatable bonds is 1. The molecule has 3 heteroatoms. The third-order valence-corrected chi connectivity index (χ3v) is 2.03. The van der Waals surface area contributed by atoms with Crippen molar-refractivity contribution in [3.63, 3.8) is 0 Å². The molecule has 0 aromatic rings. The number of ether oxygens (including phenoxy) is 1. The van der Waals surface area contributed by atoms with Gasteiger partial charge in [-0.15, -0.1) is 0 Å². The quantitative estimate of drug-likeness (QED) is 0.681. The van der Waals surface area contributed by atoms with Gasteiger partial charge in [-0.2, -0.15) is 5.26 Å². The molecule has 0 atom stereocenters. The van der Waals surface area contributed by atoms with Crippen LogP contribution in [0.15, 0.2) is 30.3 Å². The van der Waals surface area contributed by atoms with Crippen LogP contribution in [0.2, 0.25) is 0 Å². The van der Waals surface area contributed by atoms with Crippen LogP contribution in [0.1, 0.15) is 5.56 Å². The summed E-state index contributed by atoms with van der Waals surface area (Å²) in [5.74, 6) is 0.397. The van der Waals surface area contributed by atoms with Crippen LogP contribution in [-0.2, 0) is 0 Å². The van der Waals surface area contributed by atoms with Gasteiger partial charge in [0.25, 0.3) is 0 Å². The number of aromatic nitrogens is 1. The minimum atomic E-state index is 0.397. The van der Waals surface area contributed by atoms with Crippen LogP contribution in [-0.4, -0.2) is 12.1 Å². The summed E-state index contributed by atoms with van der Waals surface area (Å²) < 4.78 is 5.02. The molecule has 1 aliphatic heterocycles. The molecule has 0 unspecified atom stereocenters. The number of hydrogen-bond donors (Lipinski definition) is 0. The molecule has 0 radical (unpaired) electrons. The van der Waals surface area contributed by atoms with Crippen LogP contribution in [0.4, 0.5) is 0 Å². The van der Waals surface area contributed by atoms with E-state index in [2.05, 4.69) is 11.1 Å². The van der Waals surface area contributed by atoms with E-state index in [0.717, 1.165) is 11.3 Å². The second kappa shape index (κ2) is 3.35. The molecular formula is C11H8N2O. The van der Waals surface area contributed by atoms with Crippen molar-refractivity contribution in [3.8, 4) is 23.2 Å². The zero-order chi connectivity index (χ0) is 9.97. The first-order valence-electron chi connectivity index (χ1n) is 4.19. The summed E-state index contributed by atoms with van der Waals surface area (Å²) in [6.07, 6.45) is 0. The van der Waals surface area contributed by atoms with E-state index in [1.807, 2.05) is 30.3 Å². The van der Waals surface area contributed by atoms with Crippen LogP contribution >= 0.6 is 0 Å². The molecule has 0 bridgehead atoms. The summed E-state index contributed by atoms with van der Waals surface area (Å²) in [4.78, 5) is 4.20. The summed E-state index contributed by atoms with van der Waals surface area (Å²) >= 11 is 0. The van der Waals surface area contributed by atoms with Crippen LogP contribution in [0.3, 0.4) is 0 Å². The van der Waals surface area contributed by atoms with E-state index in [4.69, 9.17) is 10.00 Å². The Kier molecular flexibility index (Phi) is 2.04. The summed E-state index contributed by atoms with van der Waals surface area (Å²) in [7, 11) is 1.52. The van der Waals surface area contributed by atoms with Crippen LogP contribution in [0.5, 0.6) is 5.88 Å². The molecule has 1 heterocycles. The molecule has 0 fully saturated rings. The van der Waals surface area contributed by atoms with Crippen molar-refractivity contribution >= 4 is 0 Å². The maximum Gasteiger partial charge on any atom is 0.232 e. The lowest BCUT2D eigenvalue weighted by molar-refractivity contribution is 0.400. The fraction of sp³-hybridized carbons (Fsp3) is 0.0909. The molecule has 2 rings (SSSR count). The zero-order valence-corrected chi connectivity index (χ0v) is 7.69. The summed E-state index contributed by atoms with van der Waals surface area (Å²) in [6.45, 7) is 0.